The fraction of sp³-hybridized carbons (Fsp3) is 0.467. The Kier molecular flexibility index (Phi) is 3.80. The summed E-state index contributed by atoms with van der Waals surface area (Å²) in [5, 5.41) is 0.893. The Balaban J connectivity index is 1.99. The summed E-state index contributed by atoms with van der Waals surface area (Å²) in [5.74, 6) is 0.816. The molecule has 2 atom stereocenters. The maximum atomic E-state index is 12.8. The van der Waals surface area contributed by atoms with Crippen LogP contribution in [0.4, 0.5) is 0 Å². The van der Waals surface area contributed by atoms with E-state index in [1.165, 1.54) is 0 Å². The van der Waals surface area contributed by atoms with Gasteiger partial charge in [0.2, 0.25) is 10.0 Å². The first-order chi connectivity index (χ1) is 9.88. The molecule has 0 amide bonds. The summed E-state index contributed by atoms with van der Waals surface area (Å²) < 4.78 is 29.0. The number of piperidine rings is 1. The monoisotopic (exact) mass is 324 g/mol. The summed E-state index contributed by atoms with van der Waals surface area (Å²) in [6.07, 6.45) is 2.91. The number of nitrogens with zero attached hydrogens (tertiary/aromatic N) is 2. The van der Waals surface area contributed by atoms with E-state index in [-0.39, 0.29) is 0 Å². The number of rotatable bonds is 2. The molecule has 0 saturated carbocycles. The van der Waals surface area contributed by atoms with Gasteiger partial charge in [0, 0.05) is 24.7 Å². The summed E-state index contributed by atoms with van der Waals surface area (Å²) in [6, 6.07) is 7.10. The Labute approximate surface area is 131 Å². The average Bonchev–Trinajstić information content (AvgIpc) is 2.79. The maximum absolute atomic E-state index is 12.8. The summed E-state index contributed by atoms with van der Waals surface area (Å²) >= 11 is 4.29. The third-order valence-electron chi connectivity index (χ3n) is 4.11. The minimum Gasteiger partial charge on any atom is -0.294 e. The van der Waals surface area contributed by atoms with E-state index in [1.807, 2.05) is 18.3 Å². The van der Waals surface area contributed by atoms with Gasteiger partial charge in [-0.1, -0.05) is 26.7 Å². The van der Waals surface area contributed by atoms with Crippen LogP contribution in [0.3, 0.4) is 0 Å². The van der Waals surface area contributed by atoms with Crippen LogP contribution in [0.5, 0.6) is 0 Å². The van der Waals surface area contributed by atoms with E-state index < -0.39 is 10.0 Å². The highest BCUT2D eigenvalue weighted by Crippen LogP contribution is 2.28. The van der Waals surface area contributed by atoms with Crippen LogP contribution in [0.25, 0.3) is 10.9 Å². The Morgan fingerprint density at radius 1 is 1.14 bits per heavy atom. The fourth-order valence-corrected chi connectivity index (χ4v) is 5.18. The molecule has 0 aliphatic carbocycles. The Morgan fingerprint density at radius 3 is 2.48 bits per heavy atom. The standard InChI is InChI=1S/C15H20N2O2S2/c1-11-7-12(2)10-16(9-11)21(18,19)14-3-4-15-13(8-14)5-6-17(15)20/h3-6,8,11-12,20H,7,9-10H2,1-2H3. The van der Waals surface area contributed by atoms with Crippen molar-refractivity contribution in [2.75, 3.05) is 13.1 Å². The summed E-state index contributed by atoms with van der Waals surface area (Å²) in [4.78, 5) is 0.371. The third kappa shape index (κ3) is 2.72. The Bertz CT molecular complexity index is 757. The minimum absolute atomic E-state index is 0.371. The Hall–Kier alpha value is -0.980. The van der Waals surface area contributed by atoms with Crippen LogP contribution in [0.2, 0.25) is 0 Å². The maximum Gasteiger partial charge on any atom is 0.243 e. The predicted molar refractivity (Wildman–Crippen MR) is 88.0 cm³/mol. The molecule has 0 spiro atoms. The lowest BCUT2D eigenvalue weighted by molar-refractivity contribution is 0.222. The van der Waals surface area contributed by atoms with Crippen LogP contribution < -0.4 is 0 Å². The van der Waals surface area contributed by atoms with Crippen LogP contribution in [0.1, 0.15) is 20.3 Å². The zero-order valence-corrected chi connectivity index (χ0v) is 13.9. The number of sulfonamides is 1. The molecule has 6 heteroatoms. The highest BCUT2D eigenvalue weighted by Gasteiger charge is 2.31. The number of fused-ring (bicyclic) bond motifs is 1. The number of hydrogen-bond acceptors (Lipinski definition) is 3. The normalized spacial score (nSPS) is 24.5. The van der Waals surface area contributed by atoms with E-state index in [9.17, 15) is 8.42 Å². The van der Waals surface area contributed by atoms with Gasteiger partial charge in [0.1, 0.15) is 0 Å². The second kappa shape index (κ2) is 5.34. The van der Waals surface area contributed by atoms with Crippen LogP contribution in [0, 0.1) is 11.8 Å². The van der Waals surface area contributed by atoms with Crippen molar-refractivity contribution in [2.45, 2.75) is 25.2 Å². The van der Waals surface area contributed by atoms with E-state index in [4.69, 9.17) is 0 Å². The second-order valence-corrected chi connectivity index (χ2v) is 8.52. The van der Waals surface area contributed by atoms with Crippen LogP contribution in [0.15, 0.2) is 35.4 Å². The van der Waals surface area contributed by atoms with Gasteiger partial charge in [-0.3, -0.25) is 3.97 Å². The van der Waals surface area contributed by atoms with Crippen molar-refractivity contribution in [3.63, 3.8) is 0 Å². The van der Waals surface area contributed by atoms with Crippen molar-refractivity contribution in [3.05, 3.63) is 30.5 Å². The first-order valence-corrected chi connectivity index (χ1v) is 9.02. The molecule has 1 aliphatic heterocycles. The van der Waals surface area contributed by atoms with Gasteiger partial charge in [0.25, 0.3) is 0 Å². The number of hydrogen-bond donors (Lipinski definition) is 1. The fourth-order valence-electron chi connectivity index (χ4n) is 3.22. The quantitative estimate of drug-likeness (QED) is 0.863. The minimum atomic E-state index is -3.41. The molecule has 1 aromatic heterocycles. The van der Waals surface area contributed by atoms with Gasteiger partial charge in [-0.2, -0.15) is 4.31 Å². The molecular formula is C15H20N2O2S2. The van der Waals surface area contributed by atoms with Crippen molar-refractivity contribution >= 4 is 33.7 Å². The number of benzene rings is 1. The van der Waals surface area contributed by atoms with E-state index in [2.05, 4.69) is 26.7 Å². The van der Waals surface area contributed by atoms with E-state index in [0.717, 1.165) is 17.3 Å². The van der Waals surface area contributed by atoms with Gasteiger partial charge in [-0.15, -0.1) is 0 Å². The van der Waals surface area contributed by atoms with Crippen molar-refractivity contribution in [1.82, 2.24) is 8.28 Å². The van der Waals surface area contributed by atoms with Gasteiger partial charge in [-0.25, -0.2) is 8.42 Å². The molecule has 3 rings (SSSR count). The first-order valence-electron chi connectivity index (χ1n) is 7.18. The third-order valence-corrected chi connectivity index (χ3v) is 6.29. The smallest absolute Gasteiger partial charge is 0.243 e. The molecule has 0 N–H and O–H groups in total. The molecule has 114 valence electrons. The van der Waals surface area contributed by atoms with E-state index >= 15 is 0 Å². The molecule has 1 aliphatic rings. The lowest BCUT2D eigenvalue weighted by atomic mass is 9.94. The summed E-state index contributed by atoms with van der Waals surface area (Å²) in [6.45, 7) is 5.45. The lowest BCUT2D eigenvalue weighted by Gasteiger charge is -2.34. The molecule has 0 bridgehead atoms. The topological polar surface area (TPSA) is 42.3 Å². The highest BCUT2D eigenvalue weighted by atomic mass is 32.2. The molecule has 2 heterocycles. The van der Waals surface area contributed by atoms with Gasteiger partial charge >= 0.3 is 0 Å². The molecule has 21 heavy (non-hydrogen) atoms. The van der Waals surface area contributed by atoms with Gasteiger partial charge in [0.15, 0.2) is 0 Å². The van der Waals surface area contributed by atoms with Gasteiger partial charge < -0.3 is 0 Å². The molecule has 4 nitrogen and oxygen atoms in total. The average molecular weight is 324 g/mol. The molecule has 1 fully saturated rings. The first kappa shape index (κ1) is 14.9. The van der Waals surface area contributed by atoms with Crippen LogP contribution in [-0.4, -0.2) is 29.8 Å². The summed E-state index contributed by atoms with van der Waals surface area (Å²) in [7, 11) is -3.41. The van der Waals surface area contributed by atoms with Crippen molar-refractivity contribution in [3.8, 4) is 0 Å². The Morgan fingerprint density at radius 2 is 1.81 bits per heavy atom. The molecule has 1 saturated heterocycles. The summed E-state index contributed by atoms with van der Waals surface area (Å²) in [5.41, 5.74) is 0.915. The van der Waals surface area contributed by atoms with E-state index in [1.54, 1.807) is 20.4 Å². The lowest BCUT2D eigenvalue weighted by Crippen LogP contribution is -2.42. The second-order valence-electron chi connectivity index (χ2n) is 6.15. The van der Waals surface area contributed by atoms with Crippen LogP contribution in [-0.2, 0) is 10.0 Å². The molecular weight excluding hydrogens is 304 g/mol. The predicted octanol–water partition coefficient (Wildman–Crippen LogP) is 3.00. The van der Waals surface area contributed by atoms with Crippen molar-refractivity contribution in [2.24, 2.45) is 11.8 Å². The van der Waals surface area contributed by atoms with Crippen molar-refractivity contribution < 1.29 is 8.42 Å². The number of aromatic nitrogens is 1. The zero-order valence-electron chi connectivity index (χ0n) is 12.2. The van der Waals surface area contributed by atoms with Gasteiger partial charge in [-0.05, 0) is 42.5 Å². The largest absolute Gasteiger partial charge is 0.294 e. The van der Waals surface area contributed by atoms with Crippen LogP contribution >= 0.6 is 12.8 Å². The SMILES string of the molecule is CC1CC(C)CN(S(=O)(=O)c2ccc3c(ccn3S)c2)C1. The zero-order chi connectivity index (χ0) is 15.2. The highest BCUT2D eigenvalue weighted by molar-refractivity contribution is 7.89. The van der Waals surface area contributed by atoms with Gasteiger partial charge in [0.05, 0.1) is 10.4 Å². The number of thiol groups is 1. The molecule has 2 unspecified atom stereocenters. The molecule has 0 radical (unpaired) electrons. The molecule has 1 aromatic carbocycles. The van der Waals surface area contributed by atoms with E-state index in [0.29, 0.717) is 29.8 Å². The van der Waals surface area contributed by atoms with Crippen molar-refractivity contribution in [1.29, 1.82) is 0 Å². The molecule has 2 aromatic rings.